The molecule has 0 radical (unpaired) electrons. The molecule has 0 rings (SSSR count). The molecule has 0 aliphatic rings. The Morgan fingerprint density at radius 3 is 2.20 bits per heavy atom. The summed E-state index contributed by atoms with van der Waals surface area (Å²) < 4.78 is 4.49. The third-order valence-electron chi connectivity index (χ3n) is 1.27. The van der Waals surface area contributed by atoms with Crippen molar-refractivity contribution in [1.82, 2.24) is 0 Å². The van der Waals surface area contributed by atoms with E-state index in [2.05, 4.69) is 16.4 Å². The maximum atomic E-state index is 10.8. The lowest BCUT2D eigenvalue weighted by molar-refractivity contribution is -0.143. The van der Waals surface area contributed by atoms with E-state index in [-0.39, 0.29) is 11.9 Å². The Labute approximate surface area is 61.1 Å². The second-order valence-electron chi connectivity index (χ2n) is 2.39. The number of carbonyl (C=O) groups is 1. The van der Waals surface area contributed by atoms with Crippen LogP contribution in [0.15, 0.2) is 4.99 Å². The smallest absolute Gasteiger partial charge is 0.330 e. The van der Waals surface area contributed by atoms with Gasteiger partial charge in [0.05, 0.1) is 7.11 Å². The lowest BCUT2D eigenvalue weighted by Gasteiger charge is -2.11. The van der Waals surface area contributed by atoms with E-state index >= 15 is 0 Å². The van der Waals surface area contributed by atoms with Gasteiger partial charge in [0.15, 0.2) is 0 Å². The second kappa shape index (κ2) is 4.04. The van der Waals surface area contributed by atoms with Gasteiger partial charge in [-0.25, -0.2) is 4.79 Å². The molecular formula is C7H13NO2. The molecule has 3 nitrogen and oxygen atoms in total. The molecule has 1 atom stereocenters. The van der Waals surface area contributed by atoms with Crippen LogP contribution in [0.25, 0.3) is 0 Å². The normalized spacial score (nSPS) is 12.8. The van der Waals surface area contributed by atoms with Gasteiger partial charge in [0.25, 0.3) is 0 Å². The van der Waals surface area contributed by atoms with Gasteiger partial charge in [-0.2, -0.15) is 0 Å². The van der Waals surface area contributed by atoms with Crippen LogP contribution >= 0.6 is 0 Å². The topological polar surface area (TPSA) is 38.7 Å². The fraction of sp³-hybridized carbons (Fsp3) is 0.714. The Balaban J connectivity index is 4.06. The average molecular weight is 143 g/mol. The molecule has 0 saturated heterocycles. The summed E-state index contributed by atoms with van der Waals surface area (Å²) in [4.78, 5) is 14.5. The second-order valence-corrected chi connectivity index (χ2v) is 2.39. The number of ether oxygens (including phenoxy) is 1. The molecule has 58 valence electrons. The molecule has 0 saturated carbocycles. The molecule has 0 unspecified atom stereocenters. The van der Waals surface area contributed by atoms with Gasteiger partial charge in [-0.05, 0) is 12.6 Å². The van der Waals surface area contributed by atoms with Crippen molar-refractivity contribution in [2.24, 2.45) is 10.9 Å². The SMILES string of the molecule is C=N[C@H](C(=O)OC)C(C)C. The maximum Gasteiger partial charge on any atom is 0.330 e. The molecule has 0 aliphatic carbocycles. The summed E-state index contributed by atoms with van der Waals surface area (Å²) in [5.74, 6) is -0.157. The van der Waals surface area contributed by atoms with Crippen LogP contribution in [-0.4, -0.2) is 25.8 Å². The largest absolute Gasteiger partial charge is 0.467 e. The maximum absolute atomic E-state index is 10.8. The molecule has 0 heterocycles. The first-order valence-electron chi connectivity index (χ1n) is 3.17. The van der Waals surface area contributed by atoms with Gasteiger partial charge < -0.3 is 4.74 Å². The monoisotopic (exact) mass is 143 g/mol. The first kappa shape index (κ1) is 9.14. The summed E-state index contributed by atoms with van der Waals surface area (Å²) in [6.07, 6.45) is 0. The highest BCUT2D eigenvalue weighted by Crippen LogP contribution is 2.06. The van der Waals surface area contributed by atoms with Gasteiger partial charge in [0, 0.05) is 0 Å². The Morgan fingerprint density at radius 2 is 2.10 bits per heavy atom. The third-order valence-corrected chi connectivity index (χ3v) is 1.27. The summed E-state index contributed by atoms with van der Waals surface area (Å²) in [5, 5.41) is 0. The highest BCUT2D eigenvalue weighted by atomic mass is 16.5. The van der Waals surface area contributed by atoms with Gasteiger partial charge in [0.1, 0.15) is 6.04 Å². The van der Waals surface area contributed by atoms with Crippen molar-refractivity contribution in [3.63, 3.8) is 0 Å². The van der Waals surface area contributed by atoms with Gasteiger partial charge >= 0.3 is 5.97 Å². The van der Waals surface area contributed by atoms with Crippen LogP contribution in [0.3, 0.4) is 0 Å². The van der Waals surface area contributed by atoms with E-state index in [1.54, 1.807) is 0 Å². The molecule has 0 fully saturated rings. The quantitative estimate of drug-likeness (QED) is 0.434. The highest BCUT2D eigenvalue weighted by Gasteiger charge is 2.19. The van der Waals surface area contributed by atoms with E-state index in [9.17, 15) is 4.79 Å². The molecule has 3 heteroatoms. The van der Waals surface area contributed by atoms with Gasteiger partial charge in [-0.3, -0.25) is 4.99 Å². The molecule has 0 aromatic rings. The molecule has 0 bridgehead atoms. The predicted octanol–water partition coefficient (Wildman–Crippen LogP) is 0.885. The molecule has 0 N–H and O–H groups in total. The fourth-order valence-electron chi connectivity index (χ4n) is 0.678. The zero-order valence-corrected chi connectivity index (χ0v) is 6.63. The summed E-state index contributed by atoms with van der Waals surface area (Å²) in [6, 6.07) is -0.412. The van der Waals surface area contributed by atoms with Crippen LogP contribution in [0, 0.1) is 5.92 Å². The number of hydrogen-bond acceptors (Lipinski definition) is 3. The Bertz CT molecular complexity index is 132. The standard InChI is InChI=1S/C7H13NO2/c1-5(2)6(8-3)7(9)10-4/h5-6H,3H2,1-2,4H3/t6-/m0/s1. The van der Waals surface area contributed by atoms with E-state index < -0.39 is 6.04 Å². The number of carbonyl (C=O) groups excluding carboxylic acids is 1. The Morgan fingerprint density at radius 1 is 1.60 bits per heavy atom. The number of rotatable bonds is 3. The van der Waals surface area contributed by atoms with Crippen LogP contribution < -0.4 is 0 Å². The fourth-order valence-corrected chi connectivity index (χ4v) is 0.678. The van der Waals surface area contributed by atoms with Crippen LogP contribution in [-0.2, 0) is 9.53 Å². The minimum absolute atomic E-state index is 0.157. The molecule has 0 aromatic heterocycles. The van der Waals surface area contributed by atoms with Crippen molar-refractivity contribution in [2.45, 2.75) is 19.9 Å². The lowest BCUT2D eigenvalue weighted by Crippen LogP contribution is -2.25. The number of esters is 1. The minimum Gasteiger partial charge on any atom is -0.467 e. The van der Waals surface area contributed by atoms with Crippen molar-refractivity contribution in [3.05, 3.63) is 0 Å². The zero-order valence-electron chi connectivity index (χ0n) is 6.63. The van der Waals surface area contributed by atoms with E-state index in [1.807, 2.05) is 13.8 Å². The average Bonchev–Trinajstić information content (AvgIpc) is 1.88. The summed E-state index contributed by atoms with van der Waals surface area (Å²) in [5.41, 5.74) is 0. The summed E-state index contributed by atoms with van der Waals surface area (Å²) in [7, 11) is 1.35. The molecule has 0 amide bonds. The predicted molar refractivity (Wildman–Crippen MR) is 40.2 cm³/mol. The number of methoxy groups -OCH3 is 1. The summed E-state index contributed by atoms with van der Waals surface area (Å²) >= 11 is 0. The molecule has 0 spiro atoms. The number of hydrogen-bond donors (Lipinski definition) is 0. The van der Waals surface area contributed by atoms with Gasteiger partial charge in [0.2, 0.25) is 0 Å². The van der Waals surface area contributed by atoms with Crippen molar-refractivity contribution in [2.75, 3.05) is 7.11 Å². The first-order valence-corrected chi connectivity index (χ1v) is 3.17. The molecular weight excluding hydrogens is 130 g/mol. The first-order chi connectivity index (χ1) is 4.63. The van der Waals surface area contributed by atoms with Gasteiger partial charge in [-0.1, -0.05) is 13.8 Å². The molecule has 0 aliphatic heterocycles. The Kier molecular flexibility index (Phi) is 3.69. The molecule has 10 heavy (non-hydrogen) atoms. The van der Waals surface area contributed by atoms with E-state index in [4.69, 9.17) is 0 Å². The van der Waals surface area contributed by atoms with Crippen LogP contribution in [0.5, 0.6) is 0 Å². The van der Waals surface area contributed by atoms with Gasteiger partial charge in [-0.15, -0.1) is 0 Å². The van der Waals surface area contributed by atoms with E-state index in [0.29, 0.717) is 0 Å². The van der Waals surface area contributed by atoms with E-state index in [1.165, 1.54) is 7.11 Å². The minimum atomic E-state index is -0.412. The zero-order chi connectivity index (χ0) is 8.15. The number of nitrogens with zero attached hydrogens (tertiary/aromatic N) is 1. The van der Waals surface area contributed by atoms with Crippen molar-refractivity contribution >= 4 is 12.7 Å². The van der Waals surface area contributed by atoms with Crippen molar-refractivity contribution in [1.29, 1.82) is 0 Å². The van der Waals surface area contributed by atoms with Crippen LogP contribution in [0.2, 0.25) is 0 Å². The van der Waals surface area contributed by atoms with Crippen LogP contribution in [0.1, 0.15) is 13.8 Å². The summed E-state index contributed by atoms with van der Waals surface area (Å²) in [6.45, 7) is 7.10. The number of aliphatic imine (C=N–C) groups is 1. The van der Waals surface area contributed by atoms with Crippen LogP contribution in [0.4, 0.5) is 0 Å². The third kappa shape index (κ3) is 2.17. The van der Waals surface area contributed by atoms with Crippen molar-refractivity contribution in [3.8, 4) is 0 Å². The Hall–Kier alpha value is -0.860. The molecule has 0 aromatic carbocycles. The van der Waals surface area contributed by atoms with Crippen molar-refractivity contribution < 1.29 is 9.53 Å². The van der Waals surface area contributed by atoms with E-state index in [0.717, 1.165) is 0 Å². The highest BCUT2D eigenvalue weighted by molar-refractivity contribution is 5.76. The lowest BCUT2D eigenvalue weighted by atomic mass is 10.1.